The predicted molar refractivity (Wildman–Crippen MR) is 56.9 cm³/mol. The van der Waals surface area contributed by atoms with Gasteiger partial charge in [-0.15, -0.1) is 0 Å². The first-order chi connectivity index (χ1) is 7.34. The number of nitrogens with one attached hydrogen (secondary N) is 2. The molecule has 1 unspecified atom stereocenters. The van der Waals surface area contributed by atoms with Crippen molar-refractivity contribution in [2.24, 2.45) is 5.92 Å². The second-order valence-electron chi connectivity index (χ2n) is 3.78. The molecule has 0 aliphatic heterocycles. The molecule has 1 amide bonds. The number of aromatic nitrogens is 2. The molecular formula is C11H15N3O. The summed E-state index contributed by atoms with van der Waals surface area (Å²) in [6.45, 7) is 0.488. The lowest BCUT2D eigenvalue weighted by Crippen LogP contribution is -2.24. The Bertz CT molecular complexity index is 343. The summed E-state index contributed by atoms with van der Waals surface area (Å²) in [5.41, 5.74) is 0. The van der Waals surface area contributed by atoms with Crippen LogP contribution in [0.5, 0.6) is 0 Å². The van der Waals surface area contributed by atoms with E-state index in [1.54, 1.807) is 12.4 Å². The summed E-state index contributed by atoms with van der Waals surface area (Å²) < 4.78 is 0. The van der Waals surface area contributed by atoms with Crippen molar-refractivity contribution in [1.82, 2.24) is 15.3 Å². The van der Waals surface area contributed by atoms with Crippen molar-refractivity contribution in [2.75, 3.05) is 0 Å². The Kier molecular flexibility index (Phi) is 3.17. The van der Waals surface area contributed by atoms with E-state index in [4.69, 9.17) is 0 Å². The van der Waals surface area contributed by atoms with Crippen LogP contribution < -0.4 is 5.32 Å². The normalized spacial score (nSPS) is 19.3. The largest absolute Gasteiger partial charge is 0.349 e. The lowest BCUT2D eigenvalue weighted by Gasteiger charge is -2.07. The molecule has 0 spiro atoms. The molecule has 1 heterocycles. The lowest BCUT2D eigenvalue weighted by molar-refractivity contribution is -0.121. The van der Waals surface area contributed by atoms with Gasteiger partial charge in [0.05, 0.1) is 6.54 Å². The molecule has 1 aliphatic rings. The van der Waals surface area contributed by atoms with E-state index in [2.05, 4.69) is 27.4 Å². The monoisotopic (exact) mass is 205 g/mol. The van der Waals surface area contributed by atoms with E-state index in [0.717, 1.165) is 18.7 Å². The van der Waals surface area contributed by atoms with Crippen molar-refractivity contribution < 1.29 is 4.79 Å². The second-order valence-corrected chi connectivity index (χ2v) is 3.78. The van der Waals surface area contributed by atoms with Gasteiger partial charge in [0, 0.05) is 18.8 Å². The molecule has 1 atom stereocenters. The molecule has 0 radical (unpaired) electrons. The van der Waals surface area contributed by atoms with Crippen LogP contribution in [0.25, 0.3) is 0 Å². The van der Waals surface area contributed by atoms with Crippen molar-refractivity contribution >= 4 is 5.91 Å². The van der Waals surface area contributed by atoms with Gasteiger partial charge in [-0.1, -0.05) is 12.2 Å². The van der Waals surface area contributed by atoms with Crippen LogP contribution in [0.1, 0.15) is 25.1 Å². The zero-order chi connectivity index (χ0) is 10.5. The Morgan fingerprint density at radius 2 is 2.60 bits per heavy atom. The van der Waals surface area contributed by atoms with Gasteiger partial charge in [-0.05, 0) is 18.8 Å². The Morgan fingerprint density at radius 1 is 1.67 bits per heavy atom. The van der Waals surface area contributed by atoms with Crippen LogP contribution in [-0.4, -0.2) is 15.9 Å². The number of allylic oxidation sites excluding steroid dienone is 2. The van der Waals surface area contributed by atoms with Crippen LogP contribution >= 0.6 is 0 Å². The smallest absolute Gasteiger partial charge is 0.220 e. The van der Waals surface area contributed by atoms with E-state index in [9.17, 15) is 4.79 Å². The fourth-order valence-electron chi connectivity index (χ4n) is 1.75. The van der Waals surface area contributed by atoms with Crippen LogP contribution in [-0.2, 0) is 11.3 Å². The molecule has 0 saturated carbocycles. The number of hydrogen-bond donors (Lipinski definition) is 2. The van der Waals surface area contributed by atoms with Crippen molar-refractivity contribution in [3.63, 3.8) is 0 Å². The van der Waals surface area contributed by atoms with Gasteiger partial charge < -0.3 is 10.3 Å². The van der Waals surface area contributed by atoms with Crippen molar-refractivity contribution in [3.05, 3.63) is 30.4 Å². The Morgan fingerprint density at radius 3 is 3.27 bits per heavy atom. The summed E-state index contributed by atoms with van der Waals surface area (Å²) in [5.74, 6) is 1.33. The highest BCUT2D eigenvalue weighted by Gasteiger charge is 2.13. The topological polar surface area (TPSA) is 57.8 Å². The highest BCUT2D eigenvalue weighted by Crippen LogP contribution is 2.19. The molecule has 0 bridgehead atoms. The zero-order valence-corrected chi connectivity index (χ0v) is 8.57. The third kappa shape index (κ3) is 2.94. The van der Waals surface area contributed by atoms with E-state index in [1.807, 2.05) is 0 Å². The second kappa shape index (κ2) is 4.77. The van der Waals surface area contributed by atoms with Gasteiger partial charge in [0.2, 0.25) is 5.91 Å². The third-order valence-corrected chi connectivity index (χ3v) is 2.57. The van der Waals surface area contributed by atoms with Gasteiger partial charge in [0.1, 0.15) is 5.82 Å². The van der Waals surface area contributed by atoms with Crippen LogP contribution in [0.2, 0.25) is 0 Å². The quantitative estimate of drug-likeness (QED) is 0.730. The summed E-state index contributed by atoms with van der Waals surface area (Å²) in [6.07, 6.45) is 10.5. The molecule has 15 heavy (non-hydrogen) atoms. The minimum absolute atomic E-state index is 0.1000. The summed E-state index contributed by atoms with van der Waals surface area (Å²) in [6, 6.07) is 0. The maximum atomic E-state index is 11.5. The Balaban J connectivity index is 1.70. The first-order valence-corrected chi connectivity index (χ1v) is 5.26. The number of nitrogens with zero attached hydrogens (tertiary/aromatic N) is 1. The first kappa shape index (κ1) is 9.96. The average Bonchev–Trinajstić information content (AvgIpc) is 2.86. The van der Waals surface area contributed by atoms with Crippen LogP contribution in [0.4, 0.5) is 0 Å². The minimum atomic E-state index is 0.1000. The lowest BCUT2D eigenvalue weighted by atomic mass is 10.1. The third-order valence-electron chi connectivity index (χ3n) is 2.57. The molecule has 0 aromatic carbocycles. The van der Waals surface area contributed by atoms with Gasteiger partial charge in [-0.2, -0.15) is 0 Å². The number of rotatable bonds is 4. The van der Waals surface area contributed by atoms with E-state index < -0.39 is 0 Å². The number of imidazole rings is 1. The number of aromatic amines is 1. The fourth-order valence-corrected chi connectivity index (χ4v) is 1.75. The molecule has 2 N–H and O–H groups in total. The average molecular weight is 205 g/mol. The summed E-state index contributed by atoms with van der Waals surface area (Å²) in [7, 11) is 0. The maximum Gasteiger partial charge on any atom is 0.220 e. The van der Waals surface area contributed by atoms with Crippen LogP contribution in [0.15, 0.2) is 24.5 Å². The number of H-pyrrole nitrogens is 1. The van der Waals surface area contributed by atoms with Gasteiger partial charge in [-0.25, -0.2) is 4.98 Å². The maximum absolute atomic E-state index is 11.5. The number of carbonyl (C=O) groups excluding carboxylic acids is 1. The molecule has 2 rings (SSSR count). The summed E-state index contributed by atoms with van der Waals surface area (Å²) in [4.78, 5) is 18.5. The van der Waals surface area contributed by atoms with Crippen LogP contribution in [0, 0.1) is 5.92 Å². The fraction of sp³-hybridized carbons (Fsp3) is 0.455. The van der Waals surface area contributed by atoms with Crippen molar-refractivity contribution in [3.8, 4) is 0 Å². The molecule has 1 aliphatic carbocycles. The number of hydrogen-bond acceptors (Lipinski definition) is 2. The first-order valence-electron chi connectivity index (χ1n) is 5.26. The Labute approximate surface area is 88.8 Å². The summed E-state index contributed by atoms with van der Waals surface area (Å²) >= 11 is 0. The van der Waals surface area contributed by atoms with E-state index >= 15 is 0 Å². The highest BCUT2D eigenvalue weighted by atomic mass is 16.1. The Hall–Kier alpha value is -1.58. The standard InChI is InChI=1S/C11H15N3O/c15-11(7-9-3-1-2-4-9)14-8-10-12-5-6-13-10/h1,3,5-6,9H,2,4,7-8H2,(H,12,13)(H,14,15). The molecule has 1 aromatic rings. The van der Waals surface area contributed by atoms with Crippen LogP contribution in [0.3, 0.4) is 0 Å². The SMILES string of the molecule is O=C(CC1C=CCC1)NCc1ncc[nH]1. The van der Waals surface area contributed by atoms with E-state index in [0.29, 0.717) is 18.9 Å². The van der Waals surface area contributed by atoms with E-state index in [1.165, 1.54) is 0 Å². The highest BCUT2D eigenvalue weighted by molar-refractivity contribution is 5.76. The minimum Gasteiger partial charge on any atom is -0.349 e. The molecule has 0 fully saturated rings. The summed E-state index contributed by atoms with van der Waals surface area (Å²) in [5, 5.41) is 2.85. The molecule has 4 nitrogen and oxygen atoms in total. The van der Waals surface area contributed by atoms with Gasteiger partial charge >= 0.3 is 0 Å². The molecular weight excluding hydrogens is 190 g/mol. The van der Waals surface area contributed by atoms with E-state index in [-0.39, 0.29) is 5.91 Å². The van der Waals surface area contributed by atoms with Gasteiger partial charge in [0.15, 0.2) is 0 Å². The number of amides is 1. The van der Waals surface area contributed by atoms with Crippen molar-refractivity contribution in [2.45, 2.75) is 25.8 Å². The predicted octanol–water partition coefficient (Wildman–Crippen LogP) is 1.38. The molecule has 80 valence electrons. The van der Waals surface area contributed by atoms with Gasteiger partial charge in [-0.3, -0.25) is 4.79 Å². The number of carbonyl (C=O) groups is 1. The van der Waals surface area contributed by atoms with Crippen molar-refractivity contribution in [1.29, 1.82) is 0 Å². The zero-order valence-electron chi connectivity index (χ0n) is 8.57. The van der Waals surface area contributed by atoms with Gasteiger partial charge in [0.25, 0.3) is 0 Å². The molecule has 4 heteroatoms. The molecule has 0 saturated heterocycles. The molecule has 1 aromatic heterocycles.